The summed E-state index contributed by atoms with van der Waals surface area (Å²) in [4.78, 5) is 25.2. The molecule has 6 nitrogen and oxygen atoms in total. The largest absolute Gasteiger partial charge is 0.497 e. The van der Waals surface area contributed by atoms with Gasteiger partial charge in [0.05, 0.1) is 18.9 Å². The normalized spacial score (nSPS) is 23.6. The number of carboxylic acids is 1. The van der Waals surface area contributed by atoms with Gasteiger partial charge in [-0.05, 0) is 24.5 Å². The Morgan fingerprint density at radius 2 is 2.18 bits per heavy atom. The summed E-state index contributed by atoms with van der Waals surface area (Å²) < 4.78 is 10.8. The summed E-state index contributed by atoms with van der Waals surface area (Å²) in [6.07, 6.45) is 1.15. The van der Waals surface area contributed by atoms with Gasteiger partial charge in [-0.2, -0.15) is 0 Å². The van der Waals surface area contributed by atoms with Crippen LogP contribution >= 0.6 is 0 Å². The van der Waals surface area contributed by atoms with E-state index in [1.54, 1.807) is 12.0 Å². The first-order valence-electron chi connectivity index (χ1n) is 7.40. The molecule has 1 N–H and O–H groups in total. The van der Waals surface area contributed by atoms with E-state index in [9.17, 15) is 9.59 Å². The van der Waals surface area contributed by atoms with Crippen molar-refractivity contribution >= 4 is 11.9 Å². The monoisotopic (exact) mass is 305 g/mol. The van der Waals surface area contributed by atoms with Crippen molar-refractivity contribution in [1.82, 2.24) is 4.90 Å². The number of ether oxygens (including phenoxy) is 2. The van der Waals surface area contributed by atoms with Crippen LogP contribution in [-0.4, -0.2) is 48.7 Å². The topological polar surface area (TPSA) is 76.1 Å². The van der Waals surface area contributed by atoms with E-state index >= 15 is 0 Å². The zero-order chi connectivity index (χ0) is 15.7. The Balaban J connectivity index is 1.67. The zero-order valence-corrected chi connectivity index (χ0v) is 12.4. The van der Waals surface area contributed by atoms with Gasteiger partial charge in [0.25, 0.3) is 0 Å². The van der Waals surface area contributed by atoms with Gasteiger partial charge in [-0.25, -0.2) is 0 Å². The minimum Gasteiger partial charge on any atom is -0.497 e. The highest BCUT2D eigenvalue weighted by Crippen LogP contribution is 2.32. The van der Waals surface area contributed by atoms with Gasteiger partial charge in [-0.3, -0.25) is 9.59 Å². The van der Waals surface area contributed by atoms with Gasteiger partial charge in [0.15, 0.2) is 0 Å². The molecule has 1 amide bonds. The van der Waals surface area contributed by atoms with Crippen LogP contribution in [0.4, 0.5) is 0 Å². The average molecular weight is 305 g/mol. The minimum absolute atomic E-state index is 0.00906. The predicted molar refractivity (Wildman–Crippen MR) is 78.0 cm³/mol. The number of hydrogen-bond acceptors (Lipinski definition) is 4. The lowest BCUT2D eigenvalue weighted by Crippen LogP contribution is -2.40. The molecule has 2 atom stereocenters. The third kappa shape index (κ3) is 2.73. The number of hydrogen-bond donors (Lipinski definition) is 1. The highest BCUT2D eigenvalue weighted by molar-refractivity contribution is 5.81. The van der Waals surface area contributed by atoms with Crippen molar-refractivity contribution in [3.05, 3.63) is 23.8 Å². The summed E-state index contributed by atoms with van der Waals surface area (Å²) in [6, 6.07) is 5.59. The van der Waals surface area contributed by atoms with Crippen molar-refractivity contribution in [2.24, 2.45) is 11.8 Å². The van der Waals surface area contributed by atoms with Gasteiger partial charge in [0.1, 0.15) is 18.1 Å². The highest BCUT2D eigenvalue weighted by atomic mass is 16.5. The maximum atomic E-state index is 12.5. The van der Waals surface area contributed by atoms with Gasteiger partial charge in [0, 0.05) is 19.2 Å². The standard InChI is InChI=1S/C16H19NO5/c1-21-13-3-2-10-6-12(9-22-14(10)7-13)15(18)17-5-4-11(8-17)16(19)20/h2-3,7,11-12H,4-6,8-9H2,1H3,(H,19,20)/t11-,12+/m0/s1. The van der Waals surface area contributed by atoms with Crippen molar-refractivity contribution in [1.29, 1.82) is 0 Å². The first-order chi connectivity index (χ1) is 10.6. The van der Waals surface area contributed by atoms with Crippen LogP contribution in [0.3, 0.4) is 0 Å². The molecule has 1 aromatic carbocycles. The molecule has 0 bridgehead atoms. The van der Waals surface area contributed by atoms with Crippen LogP contribution in [0, 0.1) is 11.8 Å². The van der Waals surface area contributed by atoms with Crippen molar-refractivity contribution in [2.75, 3.05) is 26.8 Å². The first kappa shape index (κ1) is 14.7. The molecule has 118 valence electrons. The summed E-state index contributed by atoms with van der Waals surface area (Å²) in [7, 11) is 1.60. The van der Waals surface area contributed by atoms with Crippen LogP contribution in [0.15, 0.2) is 18.2 Å². The van der Waals surface area contributed by atoms with Crippen LogP contribution in [0.1, 0.15) is 12.0 Å². The summed E-state index contributed by atoms with van der Waals surface area (Å²) >= 11 is 0. The number of fused-ring (bicyclic) bond motifs is 1. The lowest BCUT2D eigenvalue weighted by atomic mass is 9.95. The molecule has 0 aliphatic carbocycles. The van der Waals surface area contributed by atoms with Crippen molar-refractivity contribution in [2.45, 2.75) is 12.8 Å². The molecular weight excluding hydrogens is 286 g/mol. The highest BCUT2D eigenvalue weighted by Gasteiger charge is 2.35. The number of methoxy groups -OCH3 is 1. The Kier molecular flexibility index (Phi) is 3.92. The molecule has 0 saturated carbocycles. The molecule has 2 aliphatic rings. The number of carboxylic acid groups (broad SMARTS) is 1. The second kappa shape index (κ2) is 5.87. The number of carbonyl (C=O) groups is 2. The third-order valence-electron chi connectivity index (χ3n) is 4.38. The lowest BCUT2D eigenvalue weighted by Gasteiger charge is -2.28. The SMILES string of the molecule is COc1ccc2c(c1)OC[C@H](C(=O)N1CC[C@H](C(=O)O)C1)C2. The van der Waals surface area contributed by atoms with Gasteiger partial charge in [-0.1, -0.05) is 6.07 Å². The number of aliphatic carboxylic acids is 1. The molecule has 2 aliphatic heterocycles. The molecular formula is C16H19NO5. The Morgan fingerprint density at radius 3 is 2.86 bits per heavy atom. The van der Waals surface area contributed by atoms with Crippen molar-refractivity contribution in [3.8, 4) is 11.5 Å². The molecule has 1 saturated heterocycles. The van der Waals surface area contributed by atoms with Crippen LogP contribution in [0.5, 0.6) is 11.5 Å². The van der Waals surface area contributed by atoms with E-state index in [1.165, 1.54) is 0 Å². The van der Waals surface area contributed by atoms with Gasteiger partial charge >= 0.3 is 5.97 Å². The number of carbonyl (C=O) groups excluding carboxylic acids is 1. The predicted octanol–water partition coefficient (Wildman–Crippen LogP) is 1.18. The van der Waals surface area contributed by atoms with E-state index in [1.807, 2.05) is 18.2 Å². The van der Waals surface area contributed by atoms with E-state index in [0.29, 0.717) is 32.5 Å². The lowest BCUT2D eigenvalue weighted by molar-refractivity contribution is -0.141. The van der Waals surface area contributed by atoms with E-state index < -0.39 is 11.9 Å². The number of likely N-dealkylation sites (tertiary alicyclic amines) is 1. The number of amides is 1. The number of nitrogens with zero attached hydrogens (tertiary/aromatic N) is 1. The second-order valence-electron chi connectivity index (χ2n) is 5.79. The van der Waals surface area contributed by atoms with Crippen LogP contribution < -0.4 is 9.47 Å². The third-order valence-corrected chi connectivity index (χ3v) is 4.38. The molecule has 1 aromatic rings. The van der Waals surface area contributed by atoms with Gasteiger partial charge in [0.2, 0.25) is 5.91 Å². The van der Waals surface area contributed by atoms with Crippen LogP contribution in [0.2, 0.25) is 0 Å². The fraction of sp³-hybridized carbons (Fsp3) is 0.500. The van der Waals surface area contributed by atoms with Crippen molar-refractivity contribution in [3.63, 3.8) is 0 Å². The fourth-order valence-corrected chi connectivity index (χ4v) is 3.06. The molecule has 22 heavy (non-hydrogen) atoms. The average Bonchev–Trinajstić information content (AvgIpc) is 3.03. The molecule has 3 rings (SSSR count). The Labute approximate surface area is 128 Å². The van der Waals surface area contributed by atoms with Gasteiger partial charge in [-0.15, -0.1) is 0 Å². The Hall–Kier alpha value is -2.24. The van der Waals surface area contributed by atoms with Crippen molar-refractivity contribution < 1.29 is 24.2 Å². The fourth-order valence-electron chi connectivity index (χ4n) is 3.06. The first-order valence-corrected chi connectivity index (χ1v) is 7.40. The molecule has 6 heteroatoms. The van der Waals surface area contributed by atoms with E-state index in [2.05, 4.69) is 0 Å². The summed E-state index contributed by atoms with van der Waals surface area (Å²) in [5.41, 5.74) is 0.986. The number of benzene rings is 1. The molecule has 0 unspecified atom stereocenters. The molecule has 2 heterocycles. The van der Waals surface area contributed by atoms with Gasteiger partial charge < -0.3 is 19.5 Å². The maximum absolute atomic E-state index is 12.5. The minimum atomic E-state index is -0.826. The molecule has 0 aromatic heterocycles. The molecule has 1 fully saturated rings. The zero-order valence-electron chi connectivity index (χ0n) is 12.4. The van der Waals surface area contributed by atoms with E-state index in [-0.39, 0.29) is 11.8 Å². The number of rotatable bonds is 3. The Morgan fingerprint density at radius 1 is 1.36 bits per heavy atom. The smallest absolute Gasteiger partial charge is 0.308 e. The van der Waals surface area contributed by atoms with E-state index in [4.69, 9.17) is 14.6 Å². The second-order valence-corrected chi connectivity index (χ2v) is 5.79. The summed E-state index contributed by atoms with van der Waals surface area (Å²) in [5, 5.41) is 9.03. The van der Waals surface area contributed by atoms with Crippen LogP contribution in [-0.2, 0) is 16.0 Å². The molecule has 0 radical (unpaired) electrons. The Bertz CT molecular complexity index is 600. The van der Waals surface area contributed by atoms with Crippen LogP contribution in [0.25, 0.3) is 0 Å². The summed E-state index contributed by atoms with van der Waals surface area (Å²) in [6.45, 7) is 1.15. The maximum Gasteiger partial charge on any atom is 0.308 e. The molecule has 0 spiro atoms. The quantitative estimate of drug-likeness (QED) is 0.907. The summed E-state index contributed by atoms with van der Waals surface area (Å²) in [5.74, 6) is -0.0306. The van der Waals surface area contributed by atoms with E-state index in [0.717, 1.165) is 17.1 Å².